The number of allylic oxidation sites excluding steroid dienone is 1. The summed E-state index contributed by atoms with van der Waals surface area (Å²) in [6, 6.07) is 5.79. The molecule has 1 aromatic heterocycles. The van der Waals surface area contributed by atoms with Crippen LogP contribution in [-0.2, 0) is 0 Å². The summed E-state index contributed by atoms with van der Waals surface area (Å²) in [5.41, 5.74) is 15.8. The Balaban J connectivity index is 2.10. The van der Waals surface area contributed by atoms with Gasteiger partial charge in [-0.3, -0.25) is 0 Å². The lowest BCUT2D eigenvalue weighted by molar-refractivity contribution is 0.292. The number of nitrogens with two attached hydrogens (primary N) is 2. The minimum atomic E-state index is 0.150. The molecule has 0 spiro atoms. The average molecular weight is 353 g/mol. The quantitative estimate of drug-likeness (QED) is 0.387. The van der Waals surface area contributed by atoms with E-state index in [1.807, 2.05) is 18.2 Å². The highest BCUT2D eigenvalue weighted by Crippen LogP contribution is 2.43. The summed E-state index contributed by atoms with van der Waals surface area (Å²) in [6.45, 7) is 0.833. The van der Waals surface area contributed by atoms with E-state index in [1.54, 1.807) is 6.08 Å². The number of rotatable bonds is 7. The molecule has 1 aliphatic rings. The number of pyridine rings is 1. The first kappa shape index (κ1) is 18.2. The molecule has 0 amide bonds. The number of nitrogen functional groups attached to an aromatic ring is 1. The number of nitrogens with one attached hydrogen (secondary N) is 2. The van der Waals surface area contributed by atoms with Crippen LogP contribution in [0.1, 0.15) is 49.1 Å². The fourth-order valence-electron chi connectivity index (χ4n) is 3.77. The van der Waals surface area contributed by atoms with E-state index in [0.717, 1.165) is 40.6 Å². The number of aliphatic hydroxyl groups excluding tert-OH is 1. The van der Waals surface area contributed by atoms with Crippen molar-refractivity contribution >= 4 is 28.1 Å². The normalized spacial score (nSPS) is 15.1. The van der Waals surface area contributed by atoms with Gasteiger partial charge in [0.05, 0.1) is 16.9 Å². The van der Waals surface area contributed by atoms with Crippen molar-refractivity contribution in [1.29, 1.82) is 5.41 Å². The highest BCUT2D eigenvalue weighted by Gasteiger charge is 2.25. The zero-order valence-electron chi connectivity index (χ0n) is 15.0. The summed E-state index contributed by atoms with van der Waals surface area (Å²) >= 11 is 0. The van der Waals surface area contributed by atoms with Gasteiger partial charge in [-0.15, -0.1) is 0 Å². The first-order valence-corrected chi connectivity index (χ1v) is 9.20. The number of hydrogen-bond acceptors (Lipinski definition) is 6. The second-order valence-electron chi connectivity index (χ2n) is 6.78. The van der Waals surface area contributed by atoms with E-state index in [9.17, 15) is 0 Å². The first-order valence-electron chi connectivity index (χ1n) is 9.20. The van der Waals surface area contributed by atoms with Gasteiger partial charge in [0.15, 0.2) is 0 Å². The van der Waals surface area contributed by atoms with Crippen molar-refractivity contribution in [1.82, 2.24) is 4.98 Å². The van der Waals surface area contributed by atoms with Crippen molar-refractivity contribution in [3.8, 4) is 0 Å². The van der Waals surface area contributed by atoms with Crippen LogP contribution in [0.3, 0.4) is 0 Å². The summed E-state index contributed by atoms with van der Waals surface area (Å²) < 4.78 is 0. The molecule has 6 nitrogen and oxygen atoms in total. The number of benzene rings is 1. The van der Waals surface area contributed by atoms with E-state index in [1.165, 1.54) is 19.0 Å². The lowest BCUT2D eigenvalue weighted by Gasteiger charge is -2.21. The van der Waals surface area contributed by atoms with Crippen molar-refractivity contribution in [3.63, 3.8) is 0 Å². The van der Waals surface area contributed by atoms with E-state index in [0.29, 0.717) is 30.4 Å². The van der Waals surface area contributed by atoms with Crippen LogP contribution >= 0.6 is 0 Å². The third-order valence-corrected chi connectivity index (χ3v) is 5.03. The van der Waals surface area contributed by atoms with Crippen LogP contribution in [0.2, 0.25) is 0 Å². The Morgan fingerprint density at radius 3 is 2.81 bits per heavy atom. The molecule has 1 heterocycles. The highest BCUT2D eigenvalue weighted by atomic mass is 16.3. The molecule has 26 heavy (non-hydrogen) atoms. The van der Waals surface area contributed by atoms with Gasteiger partial charge in [0, 0.05) is 29.7 Å². The third-order valence-electron chi connectivity index (χ3n) is 5.03. The Morgan fingerprint density at radius 2 is 2.12 bits per heavy atom. The minimum absolute atomic E-state index is 0.150. The molecule has 0 bridgehead atoms. The Bertz CT molecular complexity index is 825. The van der Waals surface area contributed by atoms with Crippen molar-refractivity contribution < 1.29 is 5.11 Å². The summed E-state index contributed by atoms with van der Waals surface area (Å²) in [5.74, 6) is 0.996. The van der Waals surface area contributed by atoms with Crippen LogP contribution in [0.15, 0.2) is 30.5 Å². The smallest absolute Gasteiger partial charge is 0.129 e. The highest BCUT2D eigenvalue weighted by molar-refractivity contribution is 6.09. The van der Waals surface area contributed by atoms with Crippen LogP contribution in [-0.4, -0.2) is 29.0 Å². The number of aliphatic hydroxyl groups is 1. The molecular formula is C20H27N5O. The SMILES string of the molecule is N=C(C=CN)c1ccc2c(NCCCO)c(C3CCCC3)c(N)nc2c1. The second kappa shape index (κ2) is 8.19. The predicted molar refractivity (Wildman–Crippen MR) is 108 cm³/mol. The van der Waals surface area contributed by atoms with Crippen molar-refractivity contribution in [2.45, 2.75) is 38.0 Å². The first-order chi connectivity index (χ1) is 12.7. The predicted octanol–water partition coefficient (Wildman–Crippen LogP) is 3.11. The fourth-order valence-corrected chi connectivity index (χ4v) is 3.77. The molecule has 0 radical (unpaired) electrons. The molecule has 1 aromatic carbocycles. The third kappa shape index (κ3) is 3.65. The van der Waals surface area contributed by atoms with Crippen LogP contribution in [0.25, 0.3) is 10.9 Å². The molecule has 0 aliphatic heterocycles. The van der Waals surface area contributed by atoms with E-state index < -0.39 is 0 Å². The zero-order valence-corrected chi connectivity index (χ0v) is 15.0. The zero-order chi connectivity index (χ0) is 18.5. The van der Waals surface area contributed by atoms with E-state index in [-0.39, 0.29) is 6.61 Å². The topological polar surface area (TPSA) is 121 Å². The largest absolute Gasteiger partial charge is 0.405 e. The van der Waals surface area contributed by atoms with E-state index in [2.05, 4.69) is 10.3 Å². The Labute approximate surface area is 153 Å². The molecule has 2 aromatic rings. The molecule has 0 saturated heterocycles. The number of anilines is 2. The van der Waals surface area contributed by atoms with Crippen LogP contribution in [0.5, 0.6) is 0 Å². The molecule has 1 aliphatic carbocycles. The van der Waals surface area contributed by atoms with E-state index in [4.69, 9.17) is 22.0 Å². The Hall–Kier alpha value is -2.60. The lowest BCUT2D eigenvalue weighted by atomic mass is 9.93. The summed E-state index contributed by atoms with van der Waals surface area (Å²) in [7, 11) is 0. The molecule has 7 N–H and O–H groups in total. The lowest BCUT2D eigenvalue weighted by Crippen LogP contribution is -2.12. The van der Waals surface area contributed by atoms with Crippen molar-refractivity contribution in [2.75, 3.05) is 24.2 Å². The standard InChI is InChI=1S/C20H27N5O/c21-9-8-16(22)14-6-7-15-17(12-14)25-20(23)18(13-4-1-2-5-13)19(15)24-10-3-11-26/h6-9,12-13,22,26H,1-5,10-11,21H2,(H3,23,24,25). The monoisotopic (exact) mass is 353 g/mol. The molecule has 0 atom stereocenters. The molecular weight excluding hydrogens is 326 g/mol. The van der Waals surface area contributed by atoms with Gasteiger partial charge >= 0.3 is 0 Å². The number of aromatic nitrogens is 1. The fraction of sp³-hybridized carbons (Fsp3) is 0.400. The number of fused-ring (bicyclic) bond motifs is 1. The maximum absolute atomic E-state index is 9.12. The van der Waals surface area contributed by atoms with Crippen LogP contribution in [0.4, 0.5) is 11.5 Å². The van der Waals surface area contributed by atoms with Crippen molar-refractivity contribution in [2.24, 2.45) is 5.73 Å². The Morgan fingerprint density at radius 1 is 1.35 bits per heavy atom. The molecule has 1 fully saturated rings. The minimum Gasteiger partial charge on any atom is -0.405 e. The van der Waals surface area contributed by atoms with Gasteiger partial charge in [0.2, 0.25) is 0 Å². The maximum atomic E-state index is 9.12. The van der Waals surface area contributed by atoms with Gasteiger partial charge in [0.25, 0.3) is 0 Å². The van der Waals surface area contributed by atoms with Gasteiger partial charge < -0.3 is 27.3 Å². The van der Waals surface area contributed by atoms with Gasteiger partial charge in [-0.05, 0) is 43.5 Å². The molecule has 3 rings (SSSR count). The summed E-state index contributed by atoms with van der Waals surface area (Å²) in [5, 5.41) is 21.7. The van der Waals surface area contributed by atoms with Gasteiger partial charge in [-0.2, -0.15) is 0 Å². The Kier molecular flexibility index (Phi) is 5.73. The van der Waals surface area contributed by atoms with Crippen molar-refractivity contribution in [3.05, 3.63) is 41.6 Å². The molecule has 6 heteroatoms. The molecule has 1 saturated carbocycles. The molecule has 138 valence electrons. The van der Waals surface area contributed by atoms with Crippen LogP contribution in [0, 0.1) is 5.41 Å². The van der Waals surface area contributed by atoms with Gasteiger partial charge in [0.1, 0.15) is 5.82 Å². The van der Waals surface area contributed by atoms with Gasteiger partial charge in [-0.1, -0.05) is 25.0 Å². The van der Waals surface area contributed by atoms with E-state index >= 15 is 0 Å². The number of nitrogens with zero attached hydrogens (tertiary/aromatic N) is 1. The summed E-state index contributed by atoms with van der Waals surface area (Å²) in [4.78, 5) is 4.65. The van der Waals surface area contributed by atoms with Gasteiger partial charge in [-0.25, -0.2) is 4.98 Å². The van der Waals surface area contributed by atoms with Crippen LogP contribution < -0.4 is 16.8 Å². The maximum Gasteiger partial charge on any atom is 0.129 e. The summed E-state index contributed by atoms with van der Waals surface area (Å²) in [6.07, 6.45) is 8.31. The molecule has 0 unspecified atom stereocenters. The average Bonchev–Trinajstić information content (AvgIpc) is 3.15. The second-order valence-corrected chi connectivity index (χ2v) is 6.78. The number of hydrogen-bond donors (Lipinski definition) is 5.